The summed E-state index contributed by atoms with van der Waals surface area (Å²) >= 11 is 0. The lowest BCUT2D eigenvalue weighted by Crippen LogP contribution is -2.60. The minimum absolute atomic E-state index is 0.0284. The maximum Gasteiger partial charge on any atom is 0.323 e. The third-order valence-corrected chi connectivity index (χ3v) is 6.49. The molecule has 0 aromatic heterocycles. The number of carbonyl (C=O) groups is 3. The molecule has 30 heavy (non-hydrogen) atoms. The van der Waals surface area contributed by atoms with Gasteiger partial charge in [-0.05, 0) is 57.4 Å². The molecule has 0 amide bonds. The Bertz CT molecular complexity index is 768. The second-order valence-electron chi connectivity index (χ2n) is 8.41. The maximum absolute atomic E-state index is 13.4. The molecule has 1 heterocycles. The molecule has 0 radical (unpaired) electrons. The second-order valence-corrected chi connectivity index (χ2v) is 8.41. The molecule has 1 aliphatic carbocycles. The number of benzene rings is 1. The molecular weight excluding hydrogens is 384 g/mol. The van der Waals surface area contributed by atoms with Crippen LogP contribution < -0.4 is 10.6 Å². The summed E-state index contributed by atoms with van der Waals surface area (Å²) in [4.78, 5) is 37.4. The van der Waals surface area contributed by atoms with Crippen LogP contribution in [0.1, 0.15) is 51.5 Å². The number of ketones is 1. The number of esters is 1. The zero-order chi connectivity index (χ0) is 21.7. The van der Waals surface area contributed by atoms with Gasteiger partial charge in [-0.15, -0.1) is 0 Å². The van der Waals surface area contributed by atoms with Gasteiger partial charge in [0.15, 0.2) is 5.78 Å². The molecule has 3 N–H and O–H groups in total. The minimum atomic E-state index is -0.913. The highest BCUT2D eigenvalue weighted by Gasteiger charge is 2.56. The molecule has 1 aliphatic heterocycles. The van der Waals surface area contributed by atoms with E-state index in [9.17, 15) is 19.5 Å². The van der Waals surface area contributed by atoms with Gasteiger partial charge in [0, 0.05) is 0 Å². The molecule has 7 heteroatoms. The second kappa shape index (κ2) is 9.71. The Morgan fingerprint density at radius 1 is 1.30 bits per heavy atom. The van der Waals surface area contributed by atoms with Crippen LogP contribution in [-0.4, -0.2) is 53.1 Å². The highest BCUT2D eigenvalue weighted by Crippen LogP contribution is 2.44. The molecule has 1 aromatic carbocycles. The average molecular weight is 417 g/mol. The number of carboxylic acids is 1. The van der Waals surface area contributed by atoms with Gasteiger partial charge in [-0.2, -0.15) is 0 Å². The predicted octanol–water partition coefficient (Wildman–Crippen LogP) is 2.08. The monoisotopic (exact) mass is 416 g/mol. The van der Waals surface area contributed by atoms with Gasteiger partial charge >= 0.3 is 11.9 Å². The molecule has 3 rings (SSSR count). The van der Waals surface area contributed by atoms with E-state index >= 15 is 0 Å². The number of aliphatic carboxylic acids is 1. The normalized spacial score (nSPS) is 27.3. The van der Waals surface area contributed by atoms with Gasteiger partial charge in [0.05, 0.1) is 18.2 Å². The van der Waals surface area contributed by atoms with E-state index in [0.717, 1.165) is 18.4 Å². The summed E-state index contributed by atoms with van der Waals surface area (Å²) < 4.78 is 5.23. The fourth-order valence-corrected chi connectivity index (χ4v) is 5.03. The Kier molecular flexibility index (Phi) is 7.26. The first-order valence-corrected chi connectivity index (χ1v) is 10.9. The number of hydrogen-bond donors (Lipinski definition) is 3. The van der Waals surface area contributed by atoms with Gasteiger partial charge in [0.25, 0.3) is 0 Å². The summed E-state index contributed by atoms with van der Waals surface area (Å²) in [6.45, 7) is 3.80. The van der Waals surface area contributed by atoms with Crippen molar-refractivity contribution in [1.82, 2.24) is 10.6 Å². The predicted molar refractivity (Wildman–Crippen MR) is 112 cm³/mol. The first kappa shape index (κ1) is 22.4. The molecular formula is C23H32N2O5. The summed E-state index contributed by atoms with van der Waals surface area (Å²) in [6.07, 6.45) is 4.07. The van der Waals surface area contributed by atoms with Gasteiger partial charge < -0.3 is 9.84 Å². The standard InChI is InChI=1S/C23H32N2O5/c1-3-30-22(29)18(12-11-16-8-5-4-6-9-16)24-15(2)20(26)23-13-7-10-17(23)14-19(25-23)21(27)28/h4-6,8-9,15,17-19,24-25H,3,7,10-14H2,1-2H3,(H,27,28)/t15-,17?,18?,19?,23?/m0/s1. The SMILES string of the molecule is CCOC(=O)C(CCc1ccccc1)N[C@@H](C)C(=O)C12CCCC1CC(C(=O)O)N2. The summed E-state index contributed by atoms with van der Waals surface area (Å²) in [5, 5.41) is 15.7. The van der Waals surface area contributed by atoms with Crippen molar-refractivity contribution in [3.05, 3.63) is 35.9 Å². The van der Waals surface area contributed by atoms with Crippen molar-refractivity contribution >= 4 is 17.7 Å². The number of carboxylic acid groups (broad SMARTS) is 1. The summed E-state index contributed by atoms with van der Waals surface area (Å²) in [5.74, 6) is -1.30. The first-order valence-electron chi connectivity index (χ1n) is 10.9. The third kappa shape index (κ3) is 4.73. The van der Waals surface area contributed by atoms with Gasteiger partial charge in [0.1, 0.15) is 12.1 Å². The van der Waals surface area contributed by atoms with Crippen LogP contribution in [0.4, 0.5) is 0 Å². The van der Waals surface area contributed by atoms with Crippen molar-refractivity contribution < 1.29 is 24.2 Å². The Hall–Kier alpha value is -2.25. The molecule has 0 spiro atoms. The quantitative estimate of drug-likeness (QED) is 0.502. The van der Waals surface area contributed by atoms with Crippen LogP contribution in [0.25, 0.3) is 0 Å². The van der Waals surface area contributed by atoms with Crippen molar-refractivity contribution in [2.24, 2.45) is 5.92 Å². The van der Waals surface area contributed by atoms with Crippen molar-refractivity contribution in [1.29, 1.82) is 0 Å². The largest absolute Gasteiger partial charge is 0.480 e. The molecule has 2 aliphatic rings. The Morgan fingerprint density at radius 3 is 2.70 bits per heavy atom. The van der Waals surface area contributed by atoms with E-state index in [1.165, 1.54) is 0 Å². The number of fused-ring (bicyclic) bond motifs is 1. The van der Waals surface area contributed by atoms with E-state index in [1.807, 2.05) is 30.3 Å². The van der Waals surface area contributed by atoms with Crippen molar-refractivity contribution in [3.8, 4) is 0 Å². The van der Waals surface area contributed by atoms with Crippen molar-refractivity contribution in [2.75, 3.05) is 6.61 Å². The Balaban J connectivity index is 1.69. The molecule has 7 nitrogen and oxygen atoms in total. The van der Waals surface area contributed by atoms with Gasteiger partial charge in [-0.3, -0.25) is 25.0 Å². The number of nitrogens with one attached hydrogen (secondary N) is 2. The highest BCUT2D eigenvalue weighted by molar-refractivity contribution is 5.95. The highest BCUT2D eigenvalue weighted by atomic mass is 16.5. The molecule has 5 atom stereocenters. The Labute approximate surface area is 177 Å². The van der Waals surface area contributed by atoms with Gasteiger partial charge in [-0.1, -0.05) is 36.8 Å². The number of ether oxygens (including phenoxy) is 1. The molecule has 1 saturated carbocycles. The topological polar surface area (TPSA) is 105 Å². The summed E-state index contributed by atoms with van der Waals surface area (Å²) in [6, 6.07) is 8.00. The lowest BCUT2D eigenvalue weighted by molar-refractivity contribution is -0.146. The third-order valence-electron chi connectivity index (χ3n) is 6.49. The van der Waals surface area contributed by atoms with E-state index in [-0.39, 0.29) is 24.3 Å². The Morgan fingerprint density at radius 2 is 2.03 bits per heavy atom. The van der Waals surface area contributed by atoms with Crippen LogP contribution in [-0.2, 0) is 25.5 Å². The number of hydrogen-bond acceptors (Lipinski definition) is 6. The zero-order valence-electron chi connectivity index (χ0n) is 17.7. The number of Topliss-reactive ketones (excluding diaryl/α,β-unsaturated/α-hetero) is 1. The van der Waals surface area contributed by atoms with Gasteiger partial charge in [-0.25, -0.2) is 0 Å². The minimum Gasteiger partial charge on any atom is -0.480 e. The number of rotatable bonds is 10. The van der Waals surface area contributed by atoms with Crippen LogP contribution in [0.3, 0.4) is 0 Å². The molecule has 1 saturated heterocycles. The first-order chi connectivity index (χ1) is 14.4. The smallest absolute Gasteiger partial charge is 0.323 e. The molecule has 164 valence electrons. The number of carbonyl (C=O) groups excluding carboxylic acids is 2. The molecule has 1 aromatic rings. The van der Waals surface area contributed by atoms with Gasteiger partial charge in [0.2, 0.25) is 0 Å². The van der Waals surface area contributed by atoms with Crippen LogP contribution >= 0.6 is 0 Å². The van der Waals surface area contributed by atoms with E-state index in [2.05, 4.69) is 10.6 Å². The van der Waals surface area contributed by atoms with Crippen molar-refractivity contribution in [2.45, 2.75) is 76.0 Å². The average Bonchev–Trinajstić information content (AvgIpc) is 3.30. The van der Waals surface area contributed by atoms with Crippen LogP contribution in [0.5, 0.6) is 0 Å². The summed E-state index contributed by atoms with van der Waals surface area (Å²) in [5.41, 5.74) is 0.303. The lowest BCUT2D eigenvalue weighted by Gasteiger charge is -2.33. The molecule has 2 fully saturated rings. The lowest BCUT2D eigenvalue weighted by atomic mass is 9.81. The van der Waals surface area contributed by atoms with E-state index in [1.54, 1.807) is 13.8 Å². The van der Waals surface area contributed by atoms with E-state index in [4.69, 9.17) is 4.74 Å². The van der Waals surface area contributed by atoms with Crippen LogP contribution in [0, 0.1) is 5.92 Å². The zero-order valence-corrected chi connectivity index (χ0v) is 17.7. The summed E-state index contributed by atoms with van der Waals surface area (Å²) in [7, 11) is 0. The molecule has 4 unspecified atom stereocenters. The van der Waals surface area contributed by atoms with Crippen LogP contribution in [0.2, 0.25) is 0 Å². The number of aryl methyl sites for hydroxylation is 1. The van der Waals surface area contributed by atoms with Crippen LogP contribution in [0.15, 0.2) is 30.3 Å². The van der Waals surface area contributed by atoms with E-state index in [0.29, 0.717) is 25.7 Å². The fraction of sp³-hybridized carbons (Fsp3) is 0.609. The van der Waals surface area contributed by atoms with E-state index < -0.39 is 29.6 Å². The fourth-order valence-electron chi connectivity index (χ4n) is 5.03. The van der Waals surface area contributed by atoms with Crippen molar-refractivity contribution in [3.63, 3.8) is 0 Å². The maximum atomic E-state index is 13.4. The molecule has 0 bridgehead atoms.